The Kier molecular flexibility index (Phi) is 4.44. The molecule has 2 fully saturated rings. The van der Waals surface area contributed by atoms with Crippen LogP contribution in [0.5, 0.6) is 0 Å². The first-order chi connectivity index (χ1) is 11.7. The van der Waals surface area contributed by atoms with Crippen LogP contribution < -0.4 is 5.32 Å². The largest absolute Gasteiger partial charge is 0.347 e. The fourth-order valence-corrected chi connectivity index (χ4v) is 4.55. The van der Waals surface area contributed by atoms with Crippen LogP contribution in [0.1, 0.15) is 26.5 Å². The minimum atomic E-state index is 0.0566. The van der Waals surface area contributed by atoms with Crippen LogP contribution in [0, 0.1) is 5.92 Å². The number of hydrogen-bond donors (Lipinski definition) is 1. The van der Waals surface area contributed by atoms with Crippen molar-refractivity contribution in [2.45, 2.75) is 12.5 Å². The Balaban J connectivity index is 1.40. The van der Waals surface area contributed by atoms with Crippen LogP contribution >= 0.6 is 22.9 Å². The molecule has 2 aromatic rings. The molecule has 2 aliphatic rings. The number of thiophene rings is 1. The van der Waals surface area contributed by atoms with Crippen molar-refractivity contribution < 1.29 is 4.79 Å². The second-order valence-corrected chi connectivity index (χ2v) is 8.03. The average Bonchev–Trinajstić information content (AvgIpc) is 3.29. The number of carbonyl (C=O) groups excluding carboxylic acids is 1. The molecule has 1 aromatic heterocycles. The van der Waals surface area contributed by atoms with E-state index in [0.717, 1.165) is 33.4 Å². The van der Waals surface area contributed by atoms with E-state index in [-0.39, 0.29) is 5.91 Å². The normalized spacial score (nSPS) is 25.5. The molecule has 2 aliphatic heterocycles. The zero-order valence-electron chi connectivity index (χ0n) is 13.2. The summed E-state index contributed by atoms with van der Waals surface area (Å²) in [5, 5.41) is 3.94. The molecule has 1 amide bonds. The van der Waals surface area contributed by atoms with E-state index in [0.29, 0.717) is 12.0 Å². The average molecular weight is 359 g/mol. The Hall–Kier alpha value is -1.62. The summed E-state index contributed by atoms with van der Waals surface area (Å²) in [5.41, 5.74) is 1.05. The third-order valence-electron chi connectivity index (χ3n) is 4.79. The van der Waals surface area contributed by atoms with Crippen LogP contribution in [-0.2, 0) is 0 Å². The van der Waals surface area contributed by atoms with Crippen molar-refractivity contribution in [2.75, 3.05) is 19.6 Å². The first kappa shape index (κ1) is 15.9. The Labute approximate surface area is 150 Å². The summed E-state index contributed by atoms with van der Waals surface area (Å²) in [6.45, 7) is 3.33. The van der Waals surface area contributed by atoms with Crippen LogP contribution in [0.25, 0.3) is 12.2 Å². The number of carbonyl (C=O) groups is 1. The first-order valence-electron chi connectivity index (χ1n) is 8.24. The lowest BCUT2D eigenvalue weighted by molar-refractivity contribution is 0.0928. The Morgan fingerprint density at radius 2 is 2.17 bits per heavy atom. The standard InChI is InChI=1S/C19H19ClN2OS/c20-15-3-1-2-13(10-15)4-5-16-6-7-18(24-16)19(23)21-17-12-22-9-8-14(17)11-22/h1-7,10,14,17H,8-9,11-12H2,(H,21,23)/b5-4+/t14-,17-/m0/s1. The van der Waals surface area contributed by atoms with Gasteiger partial charge in [-0.25, -0.2) is 0 Å². The van der Waals surface area contributed by atoms with Crippen molar-refractivity contribution >= 4 is 41.0 Å². The SMILES string of the molecule is O=C(N[C@H]1CN2CC[C@H]1C2)c1ccc(/C=C/c2cccc(Cl)c2)s1. The highest BCUT2D eigenvalue weighted by atomic mass is 35.5. The first-order valence-corrected chi connectivity index (χ1v) is 9.43. The van der Waals surface area contributed by atoms with Crippen molar-refractivity contribution in [3.8, 4) is 0 Å². The lowest BCUT2D eigenvalue weighted by Gasteiger charge is -2.22. The van der Waals surface area contributed by atoms with Gasteiger partial charge in [-0.2, -0.15) is 0 Å². The minimum absolute atomic E-state index is 0.0566. The van der Waals surface area contributed by atoms with Gasteiger partial charge in [0.15, 0.2) is 0 Å². The summed E-state index contributed by atoms with van der Waals surface area (Å²) < 4.78 is 0. The summed E-state index contributed by atoms with van der Waals surface area (Å²) in [5.74, 6) is 0.692. The van der Waals surface area contributed by atoms with Gasteiger partial charge in [-0.15, -0.1) is 11.3 Å². The molecule has 24 heavy (non-hydrogen) atoms. The molecule has 1 unspecified atom stereocenters. The van der Waals surface area contributed by atoms with E-state index in [1.165, 1.54) is 24.3 Å². The Morgan fingerprint density at radius 3 is 2.92 bits per heavy atom. The maximum absolute atomic E-state index is 12.4. The van der Waals surface area contributed by atoms with E-state index in [9.17, 15) is 4.79 Å². The quantitative estimate of drug-likeness (QED) is 0.895. The molecule has 0 saturated carbocycles. The number of nitrogens with zero attached hydrogens (tertiary/aromatic N) is 1. The fourth-order valence-electron chi connectivity index (χ4n) is 3.54. The third kappa shape index (κ3) is 3.41. The molecule has 0 aliphatic carbocycles. The molecule has 1 N–H and O–H groups in total. The van der Waals surface area contributed by atoms with Gasteiger partial charge in [-0.05, 0) is 54.8 Å². The monoisotopic (exact) mass is 358 g/mol. The topological polar surface area (TPSA) is 32.3 Å². The van der Waals surface area contributed by atoms with Crippen molar-refractivity contribution in [2.24, 2.45) is 5.92 Å². The molecule has 1 aromatic carbocycles. The molecule has 2 saturated heterocycles. The number of rotatable bonds is 4. The van der Waals surface area contributed by atoms with E-state index in [2.05, 4.69) is 10.2 Å². The van der Waals surface area contributed by atoms with Crippen molar-refractivity contribution in [3.63, 3.8) is 0 Å². The Bertz CT molecular complexity index is 785. The molecule has 3 atom stereocenters. The molecule has 5 heteroatoms. The van der Waals surface area contributed by atoms with Gasteiger partial charge in [-0.3, -0.25) is 4.79 Å². The van der Waals surface area contributed by atoms with Gasteiger partial charge in [0, 0.05) is 29.0 Å². The number of amides is 1. The van der Waals surface area contributed by atoms with Crippen LogP contribution in [0.15, 0.2) is 36.4 Å². The molecule has 0 spiro atoms. The van der Waals surface area contributed by atoms with Gasteiger partial charge in [0.25, 0.3) is 5.91 Å². The van der Waals surface area contributed by atoms with Gasteiger partial charge < -0.3 is 10.2 Å². The second-order valence-electron chi connectivity index (χ2n) is 6.48. The van der Waals surface area contributed by atoms with Gasteiger partial charge in [0.05, 0.1) is 4.88 Å². The highest BCUT2D eigenvalue weighted by Crippen LogP contribution is 2.28. The molecule has 2 bridgehead atoms. The molecule has 3 heterocycles. The van der Waals surface area contributed by atoms with Crippen LogP contribution in [-0.4, -0.2) is 36.5 Å². The fraction of sp³-hybridized carbons (Fsp3) is 0.316. The van der Waals surface area contributed by atoms with E-state index in [4.69, 9.17) is 11.6 Å². The number of benzene rings is 1. The lowest BCUT2D eigenvalue weighted by atomic mass is 10.00. The molecular weight excluding hydrogens is 340 g/mol. The minimum Gasteiger partial charge on any atom is -0.347 e. The maximum atomic E-state index is 12.4. The van der Waals surface area contributed by atoms with Crippen molar-refractivity contribution in [1.82, 2.24) is 10.2 Å². The van der Waals surface area contributed by atoms with E-state index < -0.39 is 0 Å². The van der Waals surface area contributed by atoms with E-state index in [1.54, 1.807) is 0 Å². The number of halogens is 1. The molecule has 3 nitrogen and oxygen atoms in total. The van der Waals surface area contributed by atoms with Crippen LogP contribution in [0.3, 0.4) is 0 Å². The lowest BCUT2D eigenvalue weighted by Crippen LogP contribution is -2.42. The van der Waals surface area contributed by atoms with Crippen molar-refractivity contribution in [3.05, 3.63) is 56.7 Å². The zero-order valence-corrected chi connectivity index (χ0v) is 14.8. The summed E-state index contributed by atoms with van der Waals surface area (Å²) in [4.78, 5) is 16.7. The summed E-state index contributed by atoms with van der Waals surface area (Å²) >= 11 is 7.51. The van der Waals surface area contributed by atoms with E-state index >= 15 is 0 Å². The molecule has 4 rings (SSSR count). The van der Waals surface area contributed by atoms with Gasteiger partial charge in [-0.1, -0.05) is 29.8 Å². The summed E-state index contributed by atoms with van der Waals surface area (Å²) in [6.07, 6.45) is 5.25. The van der Waals surface area contributed by atoms with Crippen molar-refractivity contribution in [1.29, 1.82) is 0 Å². The highest BCUT2D eigenvalue weighted by molar-refractivity contribution is 7.14. The molecule has 0 radical (unpaired) electrons. The van der Waals surface area contributed by atoms with Gasteiger partial charge >= 0.3 is 0 Å². The number of nitrogens with one attached hydrogen (secondary N) is 1. The predicted octanol–water partition coefficient (Wildman–Crippen LogP) is 4.01. The van der Waals surface area contributed by atoms with Crippen LogP contribution in [0.4, 0.5) is 0 Å². The number of fused-ring (bicyclic) bond motifs is 2. The highest BCUT2D eigenvalue weighted by Gasteiger charge is 2.38. The van der Waals surface area contributed by atoms with Gasteiger partial charge in [0.1, 0.15) is 0 Å². The summed E-state index contributed by atoms with van der Waals surface area (Å²) in [6, 6.07) is 11.9. The van der Waals surface area contributed by atoms with Crippen LogP contribution in [0.2, 0.25) is 5.02 Å². The smallest absolute Gasteiger partial charge is 0.261 e. The second kappa shape index (κ2) is 6.71. The summed E-state index contributed by atoms with van der Waals surface area (Å²) in [7, 11) is 0. The third-order valence-corrected chi connectivity index (χ3v) is 6.07. The Morgan fingerprint density at radius 1 is 1.25 bits per heavy atom. The zero-order chi connectivity index (χ0) is 16.5. The predicted molar refractivity (Wildman–Crippen MR) is 101 cm³/mol. The molecular formula is C19H19ClN2OS. The number of piperidine rings is 1. The van der Waals surface area contributed by atoms with Gasteiger partial charge in [0.2, 0.25) is 0 Å². The molecule has 124 valence electrons. The number of hydrogen-bond acceptors (Lipinski definition) is 3. The van der Waals surface area contributed by atoms with E-state index in [1.807, 2.05) is 48.6 Å². The maximum Gasteiger partial charge on any atom is 0.261 e.